The second-order valence-corrected chi connectivity index (χ2v) is 6.22. The Hall–Kier alpha value is -2.69. The molecule has 0 saturated carbocycles. The molecule has 0 heterocycles. The number of carbonyl (C=O) groups excluding carboxylic acids is 2. The van der Waals surface area contributed by atoms with E-state index in [2.05, 4.69) is 41.2 Å². The van der Waals surface area contributed by atoms with Crippen molar-refractivity contribution < 1.29 is 9.59 Å². The van der Waals surface area contributed by atoms with Crippen LogP contribution in [0.25, 0.3) is 0 Å². The van der Waals surface area contributed by atoms with E-state index < -0.39 is 0 Å². The van der Waals surface area contributed by atoms with Crippen molar-refractivity contribution in [2.75, 3.05) is 18.0 Å². The number of nitrogens with zero attached hydrogens (tertiary/aromatic N) is 2. The van der Waals surface area contributed by atoms with Gasteiger partial charge in [-0.15, -0.1) is 0 Å². The van der Waals surface area contributed by atoms with Gasteiger partial charge in [-0.3, -0.25) is 9.59 Å². The van der Waals surface area contributed by atoms with Gasteiger partial charge in [-0.1, -0.05) is 6.92 Å². The lowest BCUT2D eigenvalue weighted by atomic mass is 9.94. The SMILES string of the molecule is CCC(=O)NC1=CC(=Nc2ccc(N(CC)CC)cc2)C(C)=C(C)C1=O. The van der Waals surface area contributed by atoms with Crippen molar-refractivity contribution in [2.24, 2.45) is 4.99 Å². The number of carbonyl (C=O) groups is 2. The molecule has 1 N–H and O–H groups in total. The first-order valence-electron chi connectivity index (χ1n) is 9.09. The zero-order valence-electron chi connectivity index (χ0n) is 16.2. The van der Waals surface area contributed by atoms with Gasteiger partial charge in [0.15, 0.2) is 0 Å². The fourth-order valence-corrected chi connectivity index (χ4v) is 2.79. The summed E-state index contributed by atoms with van der Waals surface area (Å²) in [6.07, 6.45) is 1.99. The molecule has 0 fully saturated rings. The van der Waals surface area contributed by atoms with Crippen LogP contribution in [0.5, 0.6) is 0 Å². The van der Waals surface area contributed by atoms with E-state index in [1.807, 2.05) is 19.1 Å². The van der Waals surface area contributed by atoms with Crippen molar-refractivity contribution in [1.82, 2.24) is 5.32 Å². The smallest absolute Gasteiger partial charge is 0.224 e. The Balaban J connectivity index is 2.35. The summed E-state index contributed by atoms with van der Waals surface area (Å²) >= 11 is 0. The number of benzene rings is 1. The molecule has 26 heavy (non-hydrogen) atoms. The number of Topliss-reactive ketones (excluding diaryl/α,β-unsaturated/α-hetero) is 1. The zero-order valence-corrected chi connectivity index (χ0v) is 16.2. The minimum absolute atomic E-state index is 0.153. The highest BCUT2D eigenvalue weighted by Gasteiger charge is 2.23. The molecule has 0 radical (unpaired) electrons. The molecule has 138 valence electrons. The number of aliphatic imine (C=N–C) groups is 1. The Morgan fingerprint density at radius 2 is 1.65 bits per heavy atom. The highest BCUT2D eigenvalue weighted by atomic mass is 16.2. The minimum atomic E-state index is -0.181. The van der Waals surface area contributed by atoms with Gasteiger partial charge in [0, 0.05) is 30.8 Å². The monoisotopic (exact) mass is 353 g/mol. The molecule has 1 aromatic carbocycles. The van der Waals surface area contributed by atoms with E-state index in [1.54, 1.807) is 19.9 Å². The van der Waals surface area contributed by atoms with E-state index in [-0.39, 0.29) is 11.7 Å². The van der Waals surface area contributed by atoms with Crippen LogP contribution in [0.4, 0.5) is 11.4 Å². The molecule has 0 bridgehead atoms. The van der Waals surface area contributed by atoms with Crippen molar-refractivity contribution in [3.63, 3.8) is 0 Å². The lowest BCUT2D eigenvalue weighted by Gasteiger charge is -2.21. The van der Waals surface area contributed by atoms with Crippen molar-refractivity contribution in [3.8, 4) is 0 Å². The molecular weight excluding hydrogens is 326 g/mol. The Labute approximate surface area is 155 Å². The summed E-state index contributed by atoms with van der Waals surface area (Å²) in [6, 6.07) is 8.04. The van der Waals surface area contributed by atoms with E-state index in [1.165, 1.54) is 0 Å². The summed E-state index contributed by atoms with van der Waals surface area (Å²) in [7, 11) is 0. The van der Waals surface area contributed by atoms with Gasteiger partial charge in [0.2, 0.25) is 11.7 Å². The van der Waals surface area contributed by atoms with Crippen molar-refractivity contribution in [2.45, 2.75) is 41.0 Å². The van der Waals surface area contributed by atoms with Crippen LogP contribution in [0, 0.1) is 0 Å². The normalized spacial score (nSPS) is 16.0. The van der Waals surface area contributed by atoms with Gasteiger partial charge >= 0.3 is 0 Å². The molecular formula is C21H27N3O2. The number of rotatable bonds is 6. The summed E-state index contributed by atoms with van der Waals surface area (Å²) in [5.41, 5.74) is 4.40. The number of amides is 1. The number of allylic oxidation sites excluding steroid dienone is 3. The quantitative estimate of drug-likeness (QED) is 0.788. The summed E-state index contributed by atoms with van der Waals surface area (Å²) in [4.78, 5) is 31.0. The largest absolute Gasteiger partial charge is 0.372 e. The van der Waals surface area contributed by atoms with Gasteiger partial charge in [0.05, 0.1) is 17.1 Å². The molecule has 0 unspecified atom stereocenters. The van der Waals surface area contributed by atoms with E-state index in [0.717, 1.165) is 30.0 Å². The third-order valence-corrected chi connectivity index (χ3v) is 4.64. The molecule has 5 heteroatoms. The first-order chi connectivity index (χ1) is 12.4. The fraction of sp³-hybridized carbons (Fsp3) is 0.381. The number of nitrogens with one attached hydrogen (secondary N) is 1. The van der Waals surface area contributed by atoms with Crippen LogP contribution in [0.2, 0.25) is 0 Å². The predicted octanol–water partition coefficient (Wildman–Crippen LogP) is 3.93. The third-order valence-electron chi connectivity index (χ3n) is 4.64. The van der Waals surface area contributed by atoms with Crippen LogP contribution in [0.3, 0.4) is 0 Å². The van der Waals surface area contributed by atoms with E-state index >= 15 is 0 Å². The van der Waals surface area contributed by atoms with E-state index in [4.69, 9.17) is 0 Å². The first-order valence-corrected chi connectivity index (χ1v) is 9.09. The van der Waals surface area contributed by atoms with Crippen LogP contribution < -0.4 is 10.2 Å². The molecule has 0 saturated heterocycles. The van der Waals surface area contributed by atoms with Gasteiger partial charge in [-0.25, -0.2) is 4.99 Å². The van der Waals surface area contributed by atoms with Gasteiger partial charge in [-0.2, -0.15) is 0 Å². The van der Waals surface area contributed by atoms with Crippen molar-refractivity contribution >= 4 is 28.8 Å². The number of hydrogen-bond donors (Lipinski definition) is 1. The van der Waals surface area contributed by atoms with Crippen LogP contribution in [0.1, 0.15) is 41.0 Å². The molecule has 1 aliphatic rings. The molecule has 0 spiro atoms. The molecule has 1 aliphatic carbocycles. The number of ketones is 1. The van der Waals surface area contributed by atoms with E-state index in [9.17, 15) is 9.59 Å². The van der Waals surface area contributed by atoms with Gasteiger partial charge in [0.25, 0.3) is 0 Å². The lowest BCUT2D eigenvalue weighted by molar-refractivity contribution is -0.122. The van der Waals surface area contributed by atoms with Gasteiger partial charge in [0.1, 0.15) is 0 Å². The van der Waals surface area contributed by atoms with Crippen LogP contribution in [-0.2, 0) is 9.59 Å². The average molecular weight is 353 g/mol. The van der Waals surface area contributed by atoms with Crippen LogP contribution in [-0.4, -0.2) is 30.5 Å². The van der Waals surface area contributed by atoms with E-state index in [0.29, 0.717) is 23.4 Å². The summed E-state index contributed by atoms with van der Waals surface area (Å²) in [6.45, 7) is 11.6. The topological polar surface area (TPSA) is 61.8 Å². The van der Waals surface area contributed by atoms with Gasteiger partial charge < -0.3 is 10.2 Å². The Morgan fingerprint density at radius 3 is 2.19 bits per heavy atom. The lowest BCUT2D eigenvalue weighted by Crippen LogP contribution is -2.30. The summed E-state index contributed by atoms with van der Waals surface area (Å²) in [5.74, 6) is -0.333. The molecule has 5 nitrogen and oxygen atoms in total. The molecule has 0 atom stereocenters. The Kier molecular flexibility index (Phi) is 6.50. The van der Waals surface area contributed by atoms with Crippen LogP contribution in [0.15, 0.2) is 52.2 Å². The maximum atomic E-state index is 12.4. The van der Waals surface area contributed by atoms with Crippen molar-refractivity contribution in [1.29, 1.82) is 0 Å². The Bertz CT molecular complexity index is 782. The van der Waals surface area contributed by atoms with Gasteiger partial charge in [-0.05, 0) is 63.6 Å². The molecule has 2 rings (SSSR count). The fourth-order valence-electron chi connectivity index (χ4n) is 2.79. The van der Waals surface area contributed by atoms with Crippen molar-refractivity contribution in [3.05, 3.63) is 47.2 Å². The average Bonchev–Trinajstić information content (AvgIpc) is 2.66. The molecule has 0 aromatic heterocycles. The third kappa shape index (κ3) is 4.28. The highest BCUT2D eigenvalue weighted by molar-refractivity contribution is 6.25. The first kappa shape index (κ1) is 19.6. The summed E-state index contributed by atoms with van der Waals surface area (Å²) in [5, 5.41) is 2.68. The maximum Gasteiger partial charge on any atom is 0.224 e. The summed E-state index contributed by atoms with van der Waals surface area (Å²) < 4.78 is 0. The highest BCUT2D eigenvalue weighted by Crippen LogP contribution is 2.24. The molecule has 1 amide bonds. The second-order valence-electron chi connectivity index (χ2n) is 6.22. The predicted molar refractivity (Wildman–Crippen MR) is 107 cm³/mol. The second kappa shape index (κ2) is 8.61. The molecule has 1 aromatic rings. The number of hydrogen-bond acceptors (Lipinski definition) is 4. The zero-order chi connectivity index (χ0) is 19.3. The van der Waals surface area contributed by atoms with Crippen LogP contribution >= 0.6 is 0 Å². The molecule has 0 aliphatic heterocycles. The standard InChI is InChI=1S/C21H27N3O2/c1-6-20(25)23-19-13-18(14(4)15(5)21(19)26)22-16-9-11-17(12-10-16)24(7-2)8-3/h9-13H,6-8H2,1-5H3,(H,23,25). The Morgan fingerprint density at radius 1 is 1.04 bits per heavy atom. The minimum Gasteiger partial charge on any atom is -0.372 e. The maximum absolute atomic E-state index is 12.4. The number of anilines is 1.